The molecule has 0 spiro atoms. The van der Waals surface area contributed by atoms with E-state index in [0.29, 0.717) is 18.6 Å². The van der Waals surface area contributed by atoms with Crippen molar-refractivity contribution >= 4 is 5.97 Å². The van der Waals surface area contributed by atoms with E-state index < -0.39 is 0 Å². The fraction of sp³-hybridized carbons (Fsp3) is 0.667. The molecule has 0 bridgehead atoms. The Hall–Kier alpha value is -0.990. The third-order valence-electron chi connectivity index (χ3n) is 1.38. The van der Waals surface area contributed by atoms with Gasteiger partial charge in [-0.05, 0) is 12.8 Å². The predicted molar refractivity (Wildman–Crippen MR) is 46.6 cm³/mol. The Morgan fingerprint density at radius 2 is 2.08 bits per heavy atom. The molecule has 3 nitrogen and oxygen atoms in total. The zero-order valence-corrected chi connectivity index (χ0v) is 7.92. The summed E-state index contributed by atoms with van der Waals surface area (Å²) in [7, 11) is 1.37. The van der Waals surface area contributed by atoms with Crippen LogP contribution in [0.5, 0.6) is 0 Å². The molecule has 12 heavy (non-hydrogen) atoms. The van der Waals surface area contributed by atoms with Gasteiger partial charge in [0.15, 0.2) is 0 Å². The highest BCUT2D eigenvalue weighted by molar-refractivity contribution is 5.87. The second kappa shape index (κ2) is 6.70. The lowest BCUT2D eigenvalue weighted by atomic mass is 10.2. The highest BCUT2D eigenvalue weighted by Gasteiger charge is 2.06. The van der Waals surface area contributed by atoms with E-state index in [0.717, 1.165) is 6.42 Å². The Kier molecular flexibility index (Phi) is 6.15. The van der Waals surface area contributed by atoms with Crippen molar-refractivity contribution in [2.75, 3.05) is 13.7 Å². The Balaban J connectivity index is 3.95. The molecule has 0 radical (unpaired) electrons. The molecule has 0 saturated heterocycles. The third-order valence-corrected chi connectivity index (χ3v) is 1.38. The maximum absolute atomic E-state index is 11.0. The van der Waals surface area contributed by atoms with E-state index in [1.54, 1.807) is 0 Å². The molecule has 0 unspecified atom stereocenters. The van der Waals surface area contributed by atoms with Gasteiger partial charge in [0.25, 0.3) is 0 Å². The summed E-state index contributed by atoms with van der Waals surface area (Å²) in [5.74, 6) is -0.311. The summed E-state index contributed by atoms with van der Waals surface area (Å²) in [6, 6.07) is 0. The van der Waals surface area contributed by atoms with Gasteiger partial charge in [-0.15, -0.1) is 0 Å². The van der Waals surface area contributed by atoms with Crippen LogP contribution in [0.1, 0.15) is 26.7 Å². The van der Waals surface area contributed by atoms with Crippen LogP contribution in [0.4, 0.5) is 0 Å². The number of methoxy groups -OCH3 is 1. The van der Waals surface area contributed by atoms with Gasteiger partial charge in [0.2, 0.25) is 0 Å². The van der Waals surface area contributed by atoms with Gasteiger partial charge in [-0.2, -0.15) is 0 Å². The van der Waals surface area contributed by atoms with Crippen molar-refractivity contribution in [2.45, 2.75) is 26.7 Å². The first-order valence-electron chi connectivity index (χ1n) is 4.15. The summed E-state index contributed by atoms with van der Waals surface area (Å²) in [6.45, 7) is 4.54. The molecule has 0 heterocycles. The second-order valence-electron chi connectivity index (χ2n) is 2.36. The highest BCUT2D eigenvalue weighted by atomic mass is 16.5. The molecular formula is C9H16O3. The van der Waals surface area contributed by atoms with Crippen LogP contribution in [0.3, 0.4) is 0 Å². The van der Waals surface area contributed by atoms with Gasteiger partial charge in [0.1, 0.15) is 0 Å². The van der Waals surface area contributed by atoms with Crippen molar-refractivity contribution in [1.29, 1.82) is 0 Å². The van der Waals surface area contributed by atoms with Crippen LogP contribution in [0.2, 0.25) is 0 Å². The molecule has 3 heteroatoms. The maximum atomic E-state index is 11.0. The quantitative estimate of drug-likeness (QED) is 0.275. The van der Waals surface area contributed by atoms with Gasteiger partial charge in [0, 0.05) is 0 Å². The number of rotatable bonds is 5. The molecule has 70 valence electrons. The van der Waals surface area contributed by atoms with E-state index in [4.69, 9.17) is 4.74 Å². The SMILES string of the molecule is CCCOC=C(CC)C(=O)OC. The van der Waals surface area contributed by atoms with Crippen molar-refractivity contribution in [3.05, 3.63) is 11.8 Å². The van der Waals surface area contributed by atoms with E-state index in [9.17, 15) is 4.79 Å². The molecule has 0 atom stereocenters. The lowest BCUT2D eigenvalue weighted by Crippen LogP contribution is -2.04. The minimum Gasteiger partial charge on any atom is -0.501 e. The Morgan fingerprint density at radius 1 is 1.42 bits per heavy atom. The Bertz CT molecular complexity index is 161. The highest BCUT2D eigenvalue weighted by Crippen LogP contribution is 2.03. The van der Waals surface area contributed by atoms with E-state index in [2.05, 4.69) is 4.74 Å². The van der Waals surface area contributed by atoms with Crippen molar-refractivity contribution in [3.8, 4) is 0 Å². The minimum atomic E-state index is -0.311. The van der Waals surface area contributed by atoms with Gasteiger partial charge in [-0.3, -0.25) is 0 Å². The first-order valence-corrected chi connectivity index (χ1v) is 4.15. The lowest BCUT2D eigenvalue weighted by molar-refractivity contribution is -0.136. The normalized spacial score (nSPS) is 11.1. The van der Waals surface area contributed by atoms with Crippen LogP contribution < -0.4 is 0 Å². The average Bonchev–Trinajstić information content (AvgIpc) is 2.11. The monoisotopic (exact) mass is 172 g/mol. The fourth-order valence-corrected chi connectivity index (χ4v) is 0.684. The molecule has 0 aliphatic heterocycles. The average molecular weight is 172 g/mol. The number of ether oxygens (including phenoxy) is 2. The van der Waals surface area contributed by atoms with E-state index in [1.165, 1.54) is 13.4 Å². The van der Waals surface area contributed by atoms with E-state index in [1.807, 2.05) is 13.8 Å². The number of hydrogen-bond donors (Lipinski definition) is 0. The van der Waals surface area contributed by atoms with Crippen molar-refractivity contribution in [3.63, 3.8) is 0 Å². The molecule has 0 fully saturated rings. The first-order chi connectivity index (χ1) is 5.76. The summed E-state index contributed by atoms with van der Waals surface area (Å²) >= 11 is 0. The molecule has 0 aliphatic rings. The van der Waals surface area contributed by atoms with Crippen LogP contribution in [0, 0.1) is 0 Å². The molecule has 0 amide bonds. The smallest absolute Gasteiger partial charge is 0.336 e. The molecule has 0 rings (SSSR count). The second-order valence-corrected chi connectivity index (χ2v) is 2.36. The summed E-state index contributed by atoms with van der Waals surface area (Å²) in [5, 5.41) is 0. The minimum absolute atomic E-state index is 0.311. The summed E-state index contributed by atoms with van der Waals surface area (Å²) in [4.78, 5) is 11.0. The standard InChI is InChI=1S/C9H16O3/c1-4-6-12-7-8(5-2)9(10)11-3/h7H,4-6H2,1-3H3. The Morgan fingerprint density at radius 3 is 2.50 bits per heavy atom. The van der Waals surface area contributed by atoms with Gasteiger partial charge >= 0.3 is 5.97 Å². The summed E-state index contributed by atoms with van der Waals surface area (Å²) in [6.07, 6.45) is 3.06. The number of carbonyl (C=O) groups excluding carboxylic acids is 1. The first kappa shape index (κ1) is 11.0. The molecule has 0 aromatic rings. The molecule has 0 N–H and O–H groups in total. The summed E-state index contributed by atoms with van der Waals surface area (Å²) < 4.78 is 9.64. The van der Waals surface area contributed by atoms with Crippen LogP contribution in [-0.2, 0) is 14.3 Å². The molecule has 0 aliphatic carbocycles. The van der Waals surface area contributed by atoms with Crippen LogP contribution in [0.25, 0.3) is 0 Å². The zero-order chi connectivity index (χ0) is 9.40. The van der Waals surface area contributed by atoms with E-state index in [-0.39, 0.29) is 5.97 Å². The van der Waals surface area contributed by atoms with E-state index >= 15 is 0 Å². The topological polar surface area (TPSA) is 35.5 Å². The van der Waals surface area contributed by atoms with Gasteiger partial charge < -0.3 is 9.47 Å². The van der Waals surface area contributed by atoms with Crippen molar-refractivity contribution < 1.29 is 14.3 Å². The largest absolute Gasteiger partial charge is 0.501 e. The molecular weight excluding hydrogens is 156 g/mol. The maximum Gasteiger partial charge on any atom is 0.336 e. The fourth-order valence-electron chi connectivity index (χ4n) is 0.684. The predicted octanol–water partition coefficient (Wildman–Crippen LogP) is 1.88. The molecule has 0 saturated carbocycles. The van der Waals surface area contributed by atoms with Crippen LogP contribution in [-0.4, -0.2) is 19.7 Å². The molecule has 0 aromatic carbocycles. The van der Waals surface area contributed by atoms with Gasteiger partial charge in [-0.25, -0.2) is 4.79 Å². The van der Waals surface area contributed by atoms with Crippen LogP contribution in [0.15, 0.2) is 11.8 Å². The lowest BCUT2D eigenvalue weighted by Gasteiger charge is -2.02. The Labute approximate surface area is 73.4 Å². The molecule has 0 aromatic heterocycles. The zero-order valence-electron chi connectivity index (χ0n) is 7.92. The van der Waals surface area contributed by atoms with Gasteiger partial charge in [-0.1, -0.05) is 13.8 Å². The number of hydrogen-bond acceptors (Lipinski definition) is 3. The number of esters is 1. The third kappa shape index (κ3) is 4.01. The summed E-state index contributed by atoms with van der Waals surface area (Å²) in [5.41, 5.74) is 0.575. The van der Waals surface area contributed by atoms with Gasteiger partial charge in [0.05, 0.1) is 25.6 Å². The van der Waals surface area contributed by atoms with Crippen LogP contribution >= 0.6 is 0 Å². The number of carbonyl (C=O) groups is 1. The van der Waals surface area contributed by atoms with Crippen molar-refractivity contribution in [1.82, 2.24) is 0 Å². The van der Waals surface area contributed by atoms with Crippen molar-refractivity contribution in [2.24, 2.45) is 0 Å².